The number of carbonyl (C=O) groups is 2. The zero-order chi connectivity index (χ0) is 34.5. The SMILES string of the molecule is CC(=O)C([C@@H](C)OCC(c1ccc(C(=O)NCCOCCN=[N+]=[N-])cc1)C(F)(F)F)[C@]1(O)OC[C@]2(C)[C@H]([C@@H]1O)C(C)(C)CC[C@@H]2O. The number of halogens is 3. The third-order valence-electron chi connectivity index (χ3n) is 9.51. The number of ketones is 1. The van der Waals surface area contributed by atoms with Crippen LogP contribution in [0.15, 0.2) is 29.4 Å². The predicted octanol–water partition coefficient (Wildman–Crippen LogP) is 3.88. The average molecular weight is 659 g/mol. The Hall–Kier alpha value is -2.78. The number of rotatable bonds is 14. The number of aliphatic hydroxyl groups is 3. The molecule has 4 N–H and O–H groups in total. The van der Waals surface area contributed by atoms with Gasteiger partial charge in [-0.1, -0.05) is 38.0 Å². The second-order valence-corrected chi connectivity index (χ2v) is 13.2. The summed E-state index contributed by atoms with van der Waals surface area (Å²) < 4.78 is 59.3. The molecule has 1 saturated heterocycles. The Morgan fingerprint density at radius 1 is 1.20 bits per heavy atom. The van der Waals surface area contributed by atoms with Crippen LogP contribution in [0.3, 0.4) is 0 Å². The van der Waals surface area contributed by atoms with E-state index in [1.165, 1.54) is 31.2 Å². The summed E-state index contributed by atoms with van der Waals surface area (Å²) in [6.07, 6.45) is -7.52. The maximum absolute atomic E-state index is 14.2. The summed E-state index contributed by atoms with van der Waals surface area (Å²) in [7, 11) is 0. The van der Waals surface area contributed by atoms with E-state index in [-0.39, 0.29) is 44.0 Å². The standard InChI is InChI=1S/C31H45F3N4O8/c1-18(39)24(30(43)26(41)25-28(3,4)11-10-23(40)29(25,5)17-46-30)19(2)45-16-22(31(32,33)34)20-6-8-21(9-7-20)27(42)36-12-14-44-15-13-37-38-35/h6-9,19,22-26,40-41,43H,10-17H2,1-5H3,(H,36,42)/t19-,22?,23+,24?,25-,26+,29+,30+/m1/s1. The number of alkyl halides is 3. The van der Waals surface area contributed by atoms with Gasteiger partial charge < -0.3 is 34.8 Å². The molecule has 1 aromatic rings. The molecule has 1 amide bonds. The van der Waals surface area contributed by atoms with Crippen LogP contribution in [0.5, 0.6) is 0 Å². The highest BCUT2D eigenvalue weighted by molar-refractivity contribution is 5.94. The fraction of sp³-hybridized carbons (Fsp3) is 0.742. The number of hydrogen-bond acceptors (Lipinski definition) is 9. The number of nitrogens with one attached hydrogen (secondary N) is 1. The summed E-state index contributed by atoms with van der Waals surface area (Å²) >= 11 is 0. The number of azide groups is 1. The van der Waals surface area contributed by atoms with Crippen molar-refractivity contribution >= 4 is 11.7 Å². The quantitative estimate of drug-likeness (QED) is 0.100. The average Bonchev–Trinajstić information content (AvgIpc) is 2.96. The first-order valence-corrected chi connectivity index (χ1v) is 15.3. The lowest BCUT2D eigenvalue weighted by atomic mass is 9.51. The van der Waals surface area contributed by atoms with Crippen LogP contribution in [0, 0.1) is 22.7 Å². The van der Waals surface area contributed by atoms with Crippen LogP contribution in [-0.2, 0) is 19.0 Å². The summed E-state index contributed by atoms with van der Waals surface area (Å²) in [6.45, 7) is 7.54. The van der Waals surface area contributed by atoms with Crippen LogP contribution in [0.2, 0.25) is 0 Å². The lowest BCUT2D eigenvalue weighted by Gasteiger charge is -2.61. The molecule has 12 nitrogen and oxygen atoms in total. The topological polar surface area (TPSA) is 183 Å². The lowest BCUT2D eigenvalue weighted by molar-refractivity contribution is -0.369. The zero-order valence-corrected chi connectivity index (χ0v) is 26.8. The van der Waals surface area contributed by atoms with E-state index >= 15 is 0 Å². The minimum absolute atomic E-state index is 0.123. The normalized spacial score (nSPS) is 29.5. The van der Waals surface area contributed by atoms with Gasteiger partial charge in [0, 0.05) is 34.9 Å². The molecular formula is C31H45F3N4O8. The Bertz CT molecular complexity index is 1260. The summed E-state index contributed by atoms with van der Waals surface area (Å²) in [5.41, 5.74) is 6.69. The second kappa shape index (κ2) is 15.0. The number of hydrogen-bond donors (Lipinski definition) is 4. The number of nitrogens with zero attached hydrogens (tertiary/aromatic N) is 3. The highest BCUT2D eigenvalue weighted by Gasteiger charge is 2.66. The molecular weight excluding hydrogens is 613 g/mol. The molecule has 15 heteroatoms. The van der Waals surface area contributed by atoms with Crippen molar-refractivity contribution in [2.75, 3.05) is 39.5 Å². The van der Waals surface area contributed by atoms with Crippen molar-refractivity contribution in [2.24, 2.45) is 27.8 Å². The van der Waals surface area contributed by atoms with Gasteiger partial charge in [-0.05, 0) is 55.3 Å². The van der Waals surface area contributed by atoms with E-state index in [1.54, 1.807) is 6.92 Å². The number of amides is 1. The highest BCUT2D eigenvalue weighted by atomic mass is 19.4. The van der Waals surface area contributed by atoms with E-state index in [0.29, 0.717) is 12.8 Å². The molecule has 3 rings (SSSR count). The van der Waals surface area contributed by atoms with Gasteiger partial charge in [-0.3, -0.25) is 9.59 Å². The van der Waals surface area contributed by atoms with Crippen LogP contribution in [-0.4, -0.2) is 96.8 Å². The van der Waals surface area contributed by atoms with Crippen LogP contribution < -0.4 is 5.32 Å². The molecule has 1 aromatic carbocycles. The van der Waals surface area contributed by atoms with Crippen molar-refractivity contribution < 1.29 is 52.3 Å². The maximum Gasteiger partial charge on any atom is 0.397 e. The van der Waals surface area contributed by atoms with Crippen molar-refractivity contribution in [1.82, 2.24) is 5.32 Å². The van der Waals surface area contributed by atoms with Gasteiger partial charge in [0.2, 0.25) is 5.79 Å². The van der Waals surface area contributed by atoms with Crippen molar-refractivity contribution in [1.29, 1.82) is 0 Å². The summed E-state index contributed by atoms with van der Waals surface area (Å²) in [4.78, 5) is 27.9. The summed E-state index contributed by atoms with van der Waals surface area (Å²) in [6, 6.07) is 4.83. The molecule has 0 spiro atoms. The number of fused-ring (bicyclic) bond motifs is 1. The molecule has 258 valence electrons. The maximum atomic E-state index is 14.2. The van der Waals surface area contributed by atoms with Gasteiger partial charge in [0.05, 0.1) is 44.6 Å². The van der Waals surface area contributed by atoms with Gasteiger partial charge in [0.15, 0.2) is 0 Å². The molecule has 1 aliphatic heterocycles. The molecule has 2 aliphatic rings. The van der Waals surface area contributed by atoms with E-state index in [0.717, 1.165) is 6.92 Å². The van der Waals surface area contributed by atoms with Crippen LogP contribution in [0.1, 0.15) is 69.3 Å². The monoisotopic (exact) mass is 658 g/mol. The molecule has 2 fully saturated rings. The first kappa shape index (κ1) is 37.7. The van der Waals surface area contributed by atoms with Gasteiger partial charge in [0.1, 0.15) is 17.8 Å². The number of carbonyl (C=O) groups excluding carboxylic acids is 2. The Balaban J connectivity index is 1.71. The summed E-state index contributed by atoms with van der Waals surface area (Å²) in [5, 5.41) is 40.0. The Labute approximate surface area is 266 Å². The van der Waals surface area contributed by atoms with E-state index in [9.17, 15) is 38.1 Å². The zero-order valence-electron chi connectivity index (χ0n) is 26.8. The van der Waals surface area contributed by atoms with Crippen LogP contribution in [0.25, 0.3) is 10.4 Å². The van der Waals surface area contributed by atoms with Gasteiger partial charge in [-0.15, -0.1) is 0 Å². The van der Waals surface area contributed by atoms with Crippen molar-refractivity contribution in [2.45, 2.75) is 83.7 Å². The fourth-order valence-electron chi connectivity index (χ4n) is 7.08. The first-order chi connectivity index (χ1) is 21.4. The van der Waals surface area contributed by atoms with E-state index in [2.05, 4.69) is 15.3 Å². The van der Waals surface area contributed by atoms with E-state index in [1.807, 2.05) is 13.8 Å². The summed E-state index contributed by atoms with van der Waals surface area (Å²) in [5.74, 6) is -8.00. The van der Waals surface area contributed by atoms with Gasteiger partial charge in [-0.25, -0.2) is 0 Å². The number of ether oxygens (including phenoxy) is 3. The lowest BCUT2D eigenvalue weighted by Crippen LogP contribution is -2.71. The largest absolute Gasteiger partial charge is 0.397 e. The molecule has 2 unspecified atom stereocenters. The molecule has 1 saturated carbocycles. The van der Waals surface area contributed by atoms with E-state index < -0.39 is 77.2 Å². The predicted molar refractivity (Wildman–Crippen MR) is 160 cm³/mol. The Morgan fingerprint density at radius 2 is 1.85 bits per heavy atom. The first-order valence-electron chi connectivity index (χ1n) is 15.3. The third-order valence-corrected chi connectivity index (χ3v) is 9.51. The van der Waals surface area contributed by atoms with Crippen LogP contribution >= 0.6 is 0 Å². The minimum atomic E-state index is -4.76. The smallest absolute Gasteiger partial charge is 0.392 e. The van der Waals surface area contributed by atoms with Gasteiger partial charge in [0.25, 0.3) is 5.91 Å². The highest BCUT2D eigenvalue weighted by Crippen LogP contribution is 2.58. The van der Waals surface area contributed by atoms with Crippen molar-refractivity contribution in [3.63, 3.8) is 0 Å². The third kappa shape index (κ3) is 8.19. The van der Waals surface area contributed by atoms with Gasteiger partial charge in [-0.2, -0.15) is 13.2 Å². The minimum Gasteiger partial charge on any atom is -0.392 e. The van der Waals surface area contributed by atoms with Crippen molar-refractivity contribution in [3.8, 4) is 0 Å². The molecule has 0 aromatic heterocycles. The van der Waals surface area contributed by atoms with E-state index in [4.69, 9.17) is 19.7 Å². The number of Topliss-reactive ketones (excluding diaryl/α,β-unsaturated/α-hetero) is 1. The molecule has 8 atom stereocenters. The van der Waals surface area contributed by atoms with Crippen LogP contribution in [0.4, 0.5) is 13.2 Å². The molecule has 1 heterocycles. The molecule has 0 radical (unpaired) electrons. The molecule has 1 aliphatic carbocycles. The molecule has 0 bridgehead atoms. The Morgan fingerprint density at radius 3 is 2.43 bits per heavy atom. The fourth-order valence-corrected chi connectivity index (χ4v) is 7.08. The second-order valence-electron chi connectivity index (χ2n) is 13.2. The Kier molecular flexibility index (Phi) is 12.3. The number of aliphatic hydroxyl groups excluding tert-OH is 2. The van der Waals surface area contributed by atoms with Gasteiger partial charge >= 0.3 is 6.18 Å². The molecule has 46 heavy (non-hydrogen) atoms. The van der Waals surface area contributed by atoms with Crippen molar-refractivity contribution in [3.05, 3.63) is 45.8 Å². The number of benzene rings is 1.